The van der Waals surface area contributed by atoms with Crippen molar-refractivity contribution in [1.82, 2.24) is 9.88 Å². The van der Waals surface area contributed by atoms with E-state index in [4.69, 9.17) is 0 Å². The zero-order valence-corrected chi connectivity index (χ0v) is 16.4. The molecule has 0 bridgehead atoms. The van der Waals surface area contributed by atoms with E-state index < -0.39 is 0 Å². The smallest absolute Gasteiger partial charge is 0.223 e. The number of aromatic nitrogens is 1. The SMILES string of the molecule is O=C(CCc1nc(-c2ccccc2)cs1)N1CCN(c2ccc(F)cc2)CC1. The van der Waals surface area contributed by atoms with Gasteiger partial charge in [-0.3, -0.25) is 4.79 Å². The largest absolute Gasteiger partial charge is 0.368 e. The highest BCUT2D eigenvalue weighted by molar-refractivity contribution is 7.09. The fourth-order valence-electron chi connectivity index (χ4n) is 3.41. The lowest BCUT2D eigenvalue weighted by atomic mass is 10.2. The number of aryl methyl sites for hydroxylation is 1. The van der Waals surface area contributed by atoms with Crippen molar-refractivity contribution in [1.29, 1.82) is 0 Å². The van der Waals surface area contributed by atoms with Crippen LogP contribution >= 0.6 is 11.3 Å². The summed E-state index contributed by atoms with van der Waals surface area (Å²) >= 11 is 1.61. The van der Waals surface area contributed by atoms with Gasteiger partial charge in [0.15, 0.2) is 0 Å². The second-order valence-electron chi connectivity index (χ2n) is 6.84. The van der Waals surface area contributed by atoms with Crippen molar-refractivity contribution in [2.75, 3.05) is 31.1 Å². The molecule has 0 saturated carbocycles. The number of piperazine rings is 1. The second-order valence-corrected chi connectivity index (χ2v) is 7.78. The van der Waals surface area contributed by atoms with Crippen LogP contribution in [0.5, 0.6) is 0 Å². The lowest BCUT2D eigenvalue weighted by molar-refractivity contribution is -0.131. The predicted octanol–water partition coefficient (Wildman–Crippen LogP) is 4.23. The van der Waals surface area contributed by atoms with Gasteiger partial charge in [-0.25, -0.2) is 9.37 Å². The zero-order chi connectivity index (χ0) is 19.3. The number of rotatable bonds is 5. The topological polar surface area (TPSA) is 36.4 Å². The molecule has 6 heteroatoms. The van der Waals surface area contributed by atoms with Crippen LogP contribution in [-0.2, 0) is 11.2 Å². The first-order chi connectivity index (χ1) is 13.7. The minimum absolute atomic E-state index is 0.176. The van der Waals surface area contributed by atoms with E-state index in [0.717, 1.165) is 35.0 Å². The van der Waals surface area contributed by atoms with Crippen molar-refractivity contribution in [3.05, 3.63) is 70.8 Å². The highest BCUT2D eigenvalue weighted by Crippen LogP contribution is 2.23. The minimum atomic E-state index is -0.227. The molecule has 0 spiro atoms. The fraction of sp³-hybridized carbons (Fsp3) is 0.273. The van der Waals surface area contributed by atoms with Crippen LogP contribution in [0.3, 0.4) is 0 Å². The van der Waals surface area contributed by atoms with Crippen LogP contribution in [0.2, 0.25) is 0 Å². The van der Waals surface area contributed by atoms with E-state index >= 15 is 0 Å². The van der Waals surface area contributed by atoms with E-state index in [2.05, 4.69) is 15.3 Å². The van der Waals surface area contributed by atoms with Crippen LogP contribution in [-0.4, -0.2) is 42.0 Å². The molecule has 0 aliphatic carbocycles. The Balaban J connectivity index is 1.27. The van der Waals surface area contributed by atoms with Gasteiger partial charge in [-0.1, -0.05) is 30.3 Å². The van der Waals surface area contributed by atoms with Gasteiger partial charge in [-0.15, -0.1) is 11.3 Å². The maximum atomic E-state index is 13.1. The van der Waals surface area contributed by atoms with Crippen LogP contribution in [0.1, 0.15) is 11.4 Å². The molecule has 28 heavy (non-hydrogen) atoms. The van der Waals surface area contributed by atoms with E-state index in [1.54, 1.807) is 23.5 Å². The third-order valence-electron chi connectivity index (χ3n) is 5.00. The van der Waals surface area contributed by atoms with Crippen LogP contribution in [0.15, 0.2) is 60.0 Å². The maximum absolute atomic E-state index is 13.1. The Morgan fingerprint density at radius 2 is 1.71 bits per heavy atom. The predicted molar refractivity (Wildman–Crippen MR) is 111 cm³/mol. The Morgan fingerprint density at radius 3 is 2.43 bits per heavy atom. The normalized spacial score (nSPS) is 14.3. The first-order valence-corrected chi connectivity index (χ1v) is 10.3. The summed E-state index contributed by atoms with van der Waals surface area (Å²) in [5, 5.41) is 3.05. The van der Waals surface area contributed by atoms with Crippen molar-refractivity contribution in [3.63, 3.8) is 0 Å². The Kier molecular flexibility index (Phi) is 5.67. The Labute approximate surface area is 168 Å². The van der Waals surface area contributed by atoms with E-state index in [1.807, 2.05) is 35.2 Å². The lowest BCUT2D eigenvalue weighted by Gasteiger charge is -2.36. The van der Waals surface area contributed by atoms with E-state index in [9.17, 15) is 9.18 Å². The molecule has 0 atom stereocenters. The summed E-state index contributed by atoms with van der Waals surface area (Å²) in [5.74, 6) is -0.0506. The van der Waals surface area contributed by atoms with E-state index in [-0.39, 0.29) is 11.7 Å². The van der Waals surface area contributed by atoms with Crippen molar-refractivity contribution in [3.8, 4) is 11.3 Å². The number of benzene rings is 2. The molecule has 0 N–H and O–H groups in total. The highest BCUT2D eigenvalue weighted by Gasteiger charge is 2.21. The molecule has 1 aliphatic rings. The first-order valence-electron chi connectivity index (χ1n) is 9.47. The van der Waals surface area contributed by atoms with Gasteiger partial charge in [0.1, 0.15) is 5.82 Å². The standard InChI is InChI=1S/C22H22FN3OS/c23-18-6-8-19(9-7-18)25-12-14-26(15-13-25)22(27)11-10-21-24-20(16-28-21)17-4-2-1-3-5-17/h1-9,16H,10-15H2. The molecule has 0 radical (unpaired) electrons. The molecular formula is C22H22FN3OS. The van der Waals surface area contributed by atoms with Gasteiger partial charge < -0.3 is 9.80 Å². The Bertz CT molecular complexity index is 918. The molecule has 1 amide bonds. The molecule has 0 unspecified atom stereocenters. The van der Waals surface area contributed by atoms with Crippen molar-refractivity contribution < 1.29 is 9.18 Å². The summed E-state index contributed by atoms with van der Waals surface area (Å²) in [6.07, 6.45) is 1.16. The minimum Gasteiger partial charge on any atom is -0.368 e. The van der Waals surface area contributed by atoms with E-state index in [0.29, 0.717) is 25.9 Å². The molecule has 1 aliphatic heterocycles. The molecule has 4 nitrogen and oxygen atoms in total. The number of halogens is 1. The number of carbonyl (C=O) groups excluding carboxylic acids is 1. The van der Waals surface area contributed by atoms with Crippen molar-refractivity contribution in [2.24, 2.45) is 0 Å². The van der Waals surface area contributed by atoms with Crippen LogP contribution < -0.4 is 4.90 Å². The van der Waals surface area contributed by atoms with Gasteiger partial charge in [-0.2, -0.15) is 0 Å². The van der Waals surface area contributed by atoms with Crippen LogP contribution in [0, 0.1) is 5.82 Å². The maximum Gasteiger partial charge on any atom is 0.223 e. The molecule has 144 valence electrons. The van der Waals surface area contributed by atoms with Crippen LogP contribution in [0.25, 0.3) is 11.3 Å². The van der Waals surface area contributed by atoms with Gasteiger partial charge in [0, 0.05) is 55.7 Å². The third-order valence-corrected chi connectivity index (χ3v) is 5.91. The number of amides is 1. The number of anilines is 1. The number of nitrogens with zero attached hydrogens (tertiary/aromatic N) is 3. The van der Waals surface area contributed by atoms with Gasteiger partial charge >= 0.3 is 0 Å². The quantitative estimate of drug-likeness (QED) is 0.649. The van der Waals surface area contributed by atoms with Crippen molar-refractivity contribution in [2.45, 2.75) is 12.8 Å². The van der Waals surface area contributed by atoms with Gasteiger partial charge in [-0.05, 0) is 24.3 Å². The fourth-order valence-corrected chi connectivity index (χ4v) is 4.21. The number of hydrogen-bond donors (Lipinski definition) is 0. The Hall–Kier alpha value is -2.73. The summed E-state index contributed by atoms with van der Waals surface area (Å²) in [5.41, 5.74) is 3.08. The second kappa shape index (κ2) is 8.52. The summed E-state index contributed by atoms with van der Waals surface area (Å²) in [4.78, 5) is 21.3. The first kappa shape index (κ1) is 18.6. The molecule has 2 aromatic carbocycles. The van der Waals surface area contributed by atoms with Gasteiger partial charge in [0.25, 0.3) is 0 Å². The molecular weight excluding hydrogens is 373 g/mol. The molecule has 1 fully saturated rings. The Morgan fingerprint density at radius 1 is 1.00 bits per heavy atom. The molecule has 1 aromatic heterocycles. The molecule has 1 saturated heterocycles. The highest BCUT2D eigenvalue weighted by atomic mass is 32.1. The summed E-state index contributed by atoms with van der Waals surface area (Å²) < 4.78 is 13.1. The lowest BCUT2D eigenvalue weighted by Crippen LogP contribution is -2.48. The van der Waals surface area contributed by atoms with Gasteiger partial charge in [0.05, 0.1) is 10.7 Å². The average Bonchev–Trinajstić information content (AvgIpc) is 3.22. The van der Waals surface area contributed by atoms with E-state index in [1.165, 1.54) is 12.1 Å². The van der Waals surface area contributed by atoms with Crippen LogP contribution in [0.4, 0.5) is 10.1 Å². The van der Waals surface area contributed by atoms with Gasteiger partial charge in [0.2, 0.25) is 5.91 Å². The average molecular weight is 396 g/mol. The number of thiazole rings is 1. The summed E-state index contributed by atoms with van der Waals surface area (Å²) in [7, 11) is 0. The molecule has 3 aromatic rings. The summed E-state index contributed by atoms with van der Waals surface area (Å²) in [6, 6.07) is 16.6. The summed E-state index contributed by atoms with van der Waals surface area (Å²) in [6.45, 7) is 2.94. The number of hydrogen-bond acceptors (Lipinski definition) is 4. The molecule has 2 heterocycles. The monoisotopic (exact) mass is 395 g/mol. The zero-order valence-electron chi connectivity index (χ0n) is 15.6. The molecule has 4 rings (SSSR count). The van der Waals surface area contributed by atoms with Crippen molar-refractivity contribution >= 4 is 22.9 Å². The third kappa shape index (κ3) is 4.39. The number of carbonyl (C=O) groups is 1.